The summed E-state index contributed by atoms with van der Waals surface area (Å²) in [7, 11) is 0. The molecule has 3 nitrogen and oxygen atoms in total. The van der Waals surface area contributed by atoms with Gasteiger partial charge in [-0.25, -0.2) is 0 Å². The van der Waals surface area contributed by atoms with Gasteiger partial charge >= 0.3 is 0 Å². The van der Waals surface area contributed by atoms with Gasteiger partial charge in [0.15, 0.2) is 6.61 Å². The van der Waals surface area contributed by atoms with Crippen molar-refractivity contribution in [1.29, 1.82) is 0 Å². The van der Waals surface area contributed by atoms with Crippen LogP contribution < -0.4 is 10.1 Å². The smallest absolute Gasteiger partial charge is 0.258 e. The molecule has 0 spiro atoms. The maximum Gasteiger partial charge on any atom is 0.258 e. The van der Waals surface area contributed by atoms with E-state index in [1.165, 1.54) is 36.0 Å². The molecule has 0 aromatic heterocycles. The predicted octanol–water partition coefficient (Wildman–Crippen LogP) is 4.44. The number of hydrogen-bond acceptors (Lipinski definition) is 2. The number of fused-ring (bicyclic) bond motifs is 1. The summed E-state index contributed by atoms with van der Waals surface area (Å²) in [5.74, 6) is 0.683. The summed E-state index contributed by atoms with van der Waals surface area (Å²) in [6.07, 6.45) is 4.88. The lowest BCUT2D eigenvalue weighted by atomic mass is 9.89. The van der Waals surface area contributed by atoms with Gasteiger partial charge in [-0.05, 0) is 80.3 Å². The molecule has 0 saturated carbocycles. The van der Waals surface area contributed by atoms with Crippen molar-refractivity contribution in [3.05, 3.63) is 64.2 Å². The normalized spacial score (nSPS) is 14.5. The number of hydrogen-bond donors (Lipinski definition) is 1. The van der Waals surface area contributed by atoms with Crippen molar-refractivity contribution in [3.63, 3.8) is 0 Å². The Morgan fingerprint density at radius 1 is 1.08 bits per heavy atom. The molecule has 132 valence electrons. The summed E-state index contributed by atoms with van der Waals surface area (Å²) < 4.78 is 5.69. The van der Waals surface area contributed by atoms with Crippen LogP contribution in [0.1, 0.15) is 53.6 Å². The number of ether oxygens (including phenoxy) is 1. The molecule has 3 rings (SSSR count). The first-order valence-corrected chi connectivity index (χ1v) is 9.14. The van der Waals surface area contributed by atoms with E-state index in [9.17, 15) is 4.79 Å². The predicted molar refractivity (Wildman–Crippen MR) is 101 cm³/mol. The van der Waals surface area contributed by atoms with E-state index in [0.717, 1.165) is 23.3 Å². The zero-order chi connectivity index (χ0) is 17.8. The standard InChI is InChI=1S/C22H27NO2/c1-15-8-9-16(2)21(12-15)25-14-22(24)23-17(3)19-11-10-18-6-4-5-7-20(18)13-19/h8-13,17H,4-7,14H2,1-3H3,(H,23,24)/t17-/m0/s1. The summed E-state index contributed by atoms with van der Waals surface area (Å²) >= 11 is 0. The Hall–Kier alpha value is -2.29. The Kier molecular flexibility index (Phi) is 5.42. The second kappa shape index (κ2) is 7.73. The van der Waals surface area contributed by atoms with E-state index in [2.05, 4.69) is 23.5 Å². The van der Waals surface area contributed by atoms with Gasteiger partial charge in [-0.2, -0.15) is 0 Å². The minimum atomic E-state index is -0.0915. The van der Waals surface area contributed by atoms with Gasteiger partial charge in [0.25, 0.3) is 5.91 Å². The van der Waals surface area contributed by atoms with Crippen molar-refractivity contribution in [2.24, 2.45) is 0 Å². The summed E-state index contributed by atoms with van der Waals surface area (Å²) in [6, 6.07) is 12.6. The molecule has 0 heterocycles. The van der Waals surface area contributed by atoms with E-state index < -0.39 is 0 Å². The lowest BCUT2D eigenvalue weighted by Gasteiger charge is -2.20. The van der Waals surface area contributed by atoms with Crippen LogP contribution in [-0.2, 0) is 17.6 Å². The van der Waals surface area contributed by atoms with Crippen LogP contribution in [0.15, 0.2) is 36.4 Å². The molecular weight excluding hydrogens is 310 g/mol. The molecule has 0 bridgehead atoms. The van der Waals surface area contributed by atoms with Crippen molar-refractivity contribution in [1.82, 2.24) is 5.32 Å². The molecule has 0 saturated heterocycles. The fourth-order valence-corrected chi connectivity index (χ4v) is 3.40. The molecule has 0 radical (unpaired) electrons. The highest BCUT2D eigenvalue weighted by Crippen LogP contribution is 2.25. The Morgan fingerprint density at radius 3 is 2.64 bits per heavy atom. The Morgan fingerprint density at radius 2 is 1.84 bits per heavy atom. The number of amides is 1. The van der Waals surface area contributed by atoms with E-state index in [0.29, 0.717) is 0 Å². The van der Waals surface area contributed by atoms with Crippen molar-refractivity contribution >= 4 is 5.91 Å². The quantitative estimate of drug-likeness (QED) is 0.876. The summed E-state index contributed by atoms with van der Waals surface area (Å²) in [5, 5.41) is 3.04. The maximum absolute atomic E-state index is 12.2. The largest absolute Gasteiger partial charge is 0.483 e. The monoisotopic (exact) mass is 337 g/mol. The van der Waals surface area contributed by atoms with Crippen LogP contribution in [-0.4, -0.2) is 12.5 Å². The van der Waals surface area contributed by atoms with Crippen molar-refractivity contribution in [2.75, 3.05) is 6.61 Å². The zero-order valence-electron chi connectivity index (χ0n) is 15.4. The van der Waals surface area contributed by atoms with Crippen LogP contribution in [0.4, 0.5) is 0 Å². The van der Waals surface area contributed by atoms with Gasteiger partial charge in [-0.15, -0.1) is 0 Å². The van der Waals surface area contributed by atoms with Crippen LogP contribution in [0.3, 0.4) is 0 Å². The number of aryl methyl sites for hydroxylation is 4. The van der Waals surface area contributed by atoms with E-state index in [1.54, 1.807) is 0 Å². The van der Waals surface area contributed by atoms with Gasteiger partial charge in [0.2, 0.25) is 0 Å². The minimum Gasteiger partial charge on any atom is -0.483 e. The molecular formula is C22H27NO2. The van der Waals surface area contributed by atoms with Crippen LogP contribution in [0, 0.1) is 13.8 Å². The molecule has 3 heteroatoms. The molecule has 2 aromatic rings. The second-order valence-corrected chi connectivity index (χ2v) is 7.08. The Balaban J connectivity index is 1.58. The zero-order valence-corrected chi connectivity index (χ0v) is 15.4. The fraction of sp³-hybridized carbons (Fsp3) is 0.409. The molecule has 0 fully saturated rings. The topological polar surface area (TPSA) is 38.3 Å². The molecule has 1 N–H and O–H groups in total. The molecule has 1 atom stereocenters. The molecule has 1 amide bonds. The van der Waals surface area contributed by atoms with Gasteiger partial charge in [0, 0.05) is 0 Å². The first-order chi connectivity index (χ1) is 12.0. The lowest BCUT2D eigenvalue weighted by Crippen LogP contribution is -2.31. The van der Waals surface area contributed by atoms with Crippen LogP contribution in [0.5, 0.6) is 5.75 Å². The third-order valence-corrected chi connectivity index (χ3v) is 4.95. The average Bonchev–Trinajstić information content (AvgIpc) is 2.62. The third kappa shape index (κ3) is 4.41. The van der Waals surface area contributed by atoms with Gasteiger partial charge in [-0.1, -0.05) is 30.3 Å². The number of carbonyl (C=O) groups is 1. The van der Waals surface area contributed by atoms with Crippen molar-refractivity contribution in [3.8, 4) is 5.75 Å². The SMILES string of the molecule is Cc1ccc(C)c(OCC(=O)N[C@@H](C)c2ccc3c(c2)CCCC3)c1. The highest BCUT2D eigenvalue weighted by molar-refractivity contribution is 5.78. The maximum atomic E-state index is 12.2. The van der Waals surface area contributed by atoms with Crippen LogP contribution in [0.25, 0.3) is 0 Å². The first-order valence-electron chi connectivity index (χ1n) is 9.14. The van der Waals surface area contributed by atoms with E-state index in [4.69, 9.17) is 4.74 Å². The highest BCUT2D eigenvalue weighted by atomic mass is 16.5. The highest BCUT2D eigenvalue weighted by Gasteiger charge is 2.14. The average molecular weight is 337 g/mol. The molecule has 0 unspecified atom stereocenters. The molecule has 2 aromatic carbocycles. The van der Waals surface area contributed by atoms with Crippen LogP contribution >= 0.6 is 0 Å². The molecule has 1 aliphatic rings. The van der Waals surface area contributed by atoms with Gasteiger partial charge in [0.05, 0.1) is 6.04 Å². The molecule has 25 heavy (non-hydrogen) atoms. The minimum absolute atomic E-state index is 0.0121. The van der Waals surface area contributed by atoms with Gasteiger partial charge < -0.3 is 10.1 Å². The second-order valence-electron chi connectivity index (χ2n) is 7.08. The summed E-state index contributed by atoms with van der Waals surface area (Å²) in [5.41, 5.74) is 6.24. The Bertz CT molecular complexity index is 767. The van der Waals surface area contributed by atoms with E-state index in [1.807, 2.05) is 39.0 Å². The van der Waals surface area contributed by atoms with Gasteiger partial charge in [0.1, 0.15) is 5.75 Å². The fourth-order valence-electron chi connectivity index (χ4n) is 3.40. The number of benzene rings is 2. The number of carbonyl (C=O) groups excluding carboxylic acids is 1. The van der Waals surface area contributed by atoms with Gasteiger partial charge in [-0.3, -0.25) is 4.79 Å². The lowest BCUT2D eigenvalue weighted by molar-refractivity contribution is -0.123. The number of rotatable bonds is 5. The molecule has 0 aliphatic heterocycles. The number of nitrogens with one attached hydrogen (secondary N) is 1. The first kappa shape index (κ1) is 17.5. The summed E-state index contributed by atoms with van der Waals surface area (Å²) in [4.78, 5) is 12.2. The van der Waals surface area contributed by atoms with Crippen molar-refractivity contribution in [2.45, 2.75) is 52.5 Å². The van der Waals surface area contributed by atoms with E-state index >= 15 is 0 Å². The molecule has 1 aliphatic carbocycles. The Labute approximate surface area is 150 Å². The van der Waals surface area contributed by atoms with Crippen LogP contribution in [0.2, 0.25) is 0 Å². The van der Waals surface area contributed by atoms with E-state index in [-0.39, 0.29) is 18.6 Å². The van der Waals surface area contributed by atoms with Crippen molar-refractivity contribution < 1.29 is 9.53 Å². The summed E-state index contributed by atoms with van der Waals surface area (Å²) in [6.45, 7) is 6.08. The third-order valence-electron chi connectivity index (χ3n) is 4.95.